The summed E-state index contributed by atoms with van der Waals surface area (Å²) in [5.41, 5.74) is 2.17. The molecule has 0 saturated carbocycles. The van der Waals surface area contributed by atoms with E-state index in [1.54, 1.807) is 13.2 Å². The minimum atomic E-state index is 0.236. The van der Waals surface area contributed by atoms with E-state index in [1.807, 2.05) is 42.5 Å². The fraction of sp³-hybridized carbons (Fsp3) is 0.118. The Balaban J connectivity index is 2.02. The molecule has 0 saturated heterocycles. The van der Waals surface area contributed by atoms with Crippen LogP contribution in [0, 0.1) is 11.3 Å². The van der Waals surface area contributed by atoms with Gasteiger partial charge in [0.15, 0.2) is 11.5 Å². The number of nitrogens with zero attached hydrogens (tertiary/aromatic N) is 1. The van der Waals surface area contributed by atoms with E-state index in [9.17, 15) is 5.26 Å². The fourth-order valence-electron chi connectivity index (χ4n) is 2.21. The van der Waals surface area contributed by atoms with Gasteiger partial charge in [-0.1, -0.05) is 18.2 Å². The van der Waals surface area contributed by atoms with Crippen LogP contribution in [-0.4, -0.2) is 13.9 Å². The Hall–Kier alpha value is -2.93. The predicted molar refractivity (Wildman–Crippen MR) is 79.0 cm³/mol. The SMILES string of the molecule is COc1ccccc1/C(C#N)=C\c1ccc2c(c1)OCO2. The molecule has 0 aromatic heterocycles. The number of allylic oxidation sites excluding steroid dienone is 1. The summed E-state index contributed by atoms with van der Waals surface area (Å²) >= 11 is 0. The van der Waals surface area contributed by atoms with Gasteiger partial charge in [0.05, 0.1) is 18.8 Å². The van der Waals surface area contributed by atoms with Gasteiger partial charge in [0.25, 0.3) is 0 Å². The van der Waals surface area contributed by atoms with Gasteiger partial charge in [-0.2, -0.15) is 5.26 Å². The summed E-state index contributed by atoms with van der Waals surface area (Å²) in [5, 5.41) is 9.42. The van der Waals surface area contributed by atoms with Crippen LogP contribution in [0.2, 0.25) is 0 Å². The maximum atomic E-state index is 9.42. The number of hydrogen-bond acceptors (Lipinski definition) is 4. The van der Waals surface area contributed by atoms with E-state index < -0.39 is 0 Å². The van der Waals surface area contributed by atoms with E-state index in [0.29, 0.717) is 17.1 Å². The molecule has 2 aromatic rings. The molecule has 21 heavy (non-hydrogen) atoms. The summed E-state index contributed by atoms with van der Waals surface area (Å²) in [4.78, 5) is 0. The number of hydrogen-bond donors (Lipinski definition) is 0. The standard InChI is InChI=1S/C17H13NO3/c1-19-15-5-3-2-4-14(15)13(10-18)8-12-6-7-16-17(9-12)21-11-20-16/h2-9H,11H2,1H3/b13-8-. The lowest BCUT2D eigenvalue weighted by Gasteiger charge is -2.07. The van der Waals surface area contributed by atoms with Crippen LogP contribution in [0.1, 0.15) is 11.1 Å². The molecule has 0 unspecified atom stereocenters. The van der Waals surface area contributed by atoms with Crippen molar-refractivity contribution in [1.29, 1.82) is 5.26 Å². The first-order valence-corrected chi connectivity index (χ1v) is 6.46. The van der Waals surface area contributed by atoms with Crippen molar-refractivity contribution in [3.8, 4) is 23.3 Å². The lowest BCUT2D eigenvalue weighted by atomic mass is 10.0. The van der Waals surface area contributed by atoms with E-state index in [2.05, 4.69) is 6.07 Å². The second-order valence-electron chi connectivity index (χ2n) is 4.48. The molecular formula is C17H13NO3. The molecule has 1 aliphatic rings. The summed E-state index contributed by atoms with van der Waals surface area (Å²) in [6, 6.07) is 15.2. The van der Waals surface area contributed by atoms with Gasteiger partial charge in [-0.15, -0.1) is 0 Å². The maximum absolute atomic E-state index is 9.42. The Morgan fingerprint density at radius 3 is 2.81 bits per heavy atom. The van der Waals surface area contributed by atoms with Gasteiger partial charge in [0.2, 0.25) is 6.79 Å². The molecule has 0 amide bonds. The van der Waals surface area contributed by atoms with Crippen LogP contribution in [0.4, 0.5) is 0 Å². The van der Waals surface area contributed by atoms with Crippen LogP contribution < -0.4 is 14.2 Å². The van der Waals surface area contributed by atoms with Gasteiger partial charge < -0.3 is 14.2 Å². The summed E-state index contributed by atoms with van der Waals surface area (Å²) in [7, 11) is 1.59. The van der Waals surface area contributed by atoms with Crippen LogP contribution in [-0.2, 0) is 0 Å². The first kappa shape index (κ1) is 13.1. The molecule has 0 spiro atoms. The third kappa shape index (κ3) is 2.54. The van der Waals surface area contributed by atoms with Crippen LogP contribution in [0.25, 0.3) is 11.6 Å². The number of nitriles is 1. The van der Waals surface area contributed by atoms with E-state index in [4.69, 9.17) is 14.2 Å². The minimum absolute atomic E-state index is 0.236. The van der Waals surface area contributed by atoms with Crippen LogP contribution in [0.5, 0.6) is 17.2 Å². The molecule has 104 valence electrons. The fourth-order valence-corrected chi connectivity index (χ4v) is 2.21. The largest absolute Gasteiger partial charge is 0.496 e. The average molecular weight is 279 g/mol. The van der Waals surface area contributed by atoms with E-state index >= 15 is 0 Å². The number of para-hydroxylation sites is 1. The third-order valence-electron chi connectivity index (χ3n) is 3.23. The topological polar surface area (TPSA) is 51.5 Å². The van der Waals surface area contributed by atoms with Gasteiger partial charge >= 0.3 is 0 Å². The highest BCUT2D eigenvalue weighted by molar-refractivity contribution is 5.91. The number of benzene rings is 2. The third-order valence-corrected chi connectivity index (χ3v) is 3.23. The molecular weight excluding hydrogens is 266 g/mol. The van der Waals surface area contributed by atoms with Gasteiger partial charge in [-0.3, -0.25) is 0 Å². The Morgan fingerprint density at radius 2 is 2.00 bits per heavy atom. The molecule has 0 bridgehead atoms. The lowest BCUT2D eigenvalue weighted by molar-refractivity contribution is 0.174. The molecule has 3 rings (SSSR count). The first-order valence-electron chi connectivity index (χ1n) is 6.46. The number of fused-ring (bicyclic) bond motifs is 1. The highest BCUT2D eigenvalue weighted by Crippen LogP contribution is 2.34. The second-order valence-corrected chi connectivity index (χ2v) is 4.48. The monoisotopic (exact) mass is 279 g/mol. The Morgan fingerprint density at radius 1 is 1.19 bits per heavy atom. The highest BCUT2D eigenvalue weighted by Gasteiger charge is 2.13. The molecule has 2 aromatic carbocycles. The van der Waals surface area contributed by atoms with Crippen molar-refractivity contribution < 1.29 is 14.2 Å². The molecule has 0 N–H and O–H groups in total. The summed E-state index contributed by atoms with van der Waals surface area (Å²) in [6.07, 6.45) is 1.81. The average Bonchev–Trinajstić information content (AvgIpc) is 3.00. The van der Waals surface area contributed by atoms with Gasteiger partial charge in [-0.05, 0) is 35.9 Å². The van der Waals surface area contributed by atoms with Crippen molar-refractivity contribution >= 4 is 11.6 Å². The Kier molecular flexibility index (Phi) is 3.48. The molecule has 4 heteroatoms. The van der Waals surface area contributed by atoms with Crippen molar-refractivity contribution in [2.75, 3.05) is 13.9 Å². The molecule has 0 aliphatic carbocycles. The smallest absolute Gasteiger partial charge is 0.231 e. The Bertz CT molecular complexity index is 744. The van der Waals surface area contributed by atoms with Crippen molar-refractivity contribution in [3.63, 3.8) is 0 Å². The van der Waals surface area contributed by atoms with Crippen LogP contribution in [0.15, 0.2) is 42.5 Å². The summed E-state index contributed by atoms with van der Waals surface area (Å²) in [5.74, 6) is 2.09. The van der Waals surface area contributed by atoms with Crippen molar-refractivity contribution in [2.45, 2.75) is 0 Å². The van der Waals surface area contributed by atoms with E-state index in [-0.39, 0.29) is 6.79 Å². The minimum Gasteiger partial charge on any atom is -0.496 e. The van der Waals surface area contributed by atoms with Crippen molar-refractivity contribution in [1.82, 2.24) is 0 Å². The van der Waals surface area contributed by atoms with Gasteiger partial charge in [-0.25, -0.2) is 0 Å². The number of rotatable bonds is 3. The quantitative estimate of drug-likeness (QED) is 0.637. The van der Waals surface area contributed by atoms with Crippen molar-refractivity contribution in [3.05, 3.63) is 53.6 Å². The second kappa shape index (κ2) is 5.59. The first-order chi connectivity index (χ1) is 10.3. The molecule has 1 heterocycles. The highest BCUT2D eigenvalue weighted by atomic mass is 16.7. The van der Waals surface area contributed by atoms with Gasteiger partial charge in [0.1, 0.15) is 5.75 Å². The Labute approximate surface area is 122 Å². The molecule has 0 atom stereocenters. The molecule has 1 aliphatic heterocycles. The zero-order chi connectivity index (χ0) is 14.7. The molecule has 0 radical (unpaired) electrons. The zero-order valence-corrected chi connectivity index (χ0v) is 11.5. The summed E-state index contributed by atoms with van der Waals surface area (Å²) < 4.78 is 15.9. The number of ether oxygens (including phenoxy) is 3. The molecule has 4 nitrogen and oxygen atoms in total. The van der Waals surface area contributed by atoms with E-state index in [1.165, 1.54) is 0 Å². The normalized spacial score (nSPS) is 12.9. The van der Waals surface area contributed by atoms with Crippen molar-refractivity contribution in [2.24, 2.45) is 0 Å². The summed E-state index contributed by atoms with van der Waals surface area (Å²) in [6.45, 7) is 0.236. The maximum Gasteiger partial charge on any atom is 0.231 e. The van der Waals surface area contributed by atoms with E-state index in [0.717, 1.165) is 16.9 Å². The predicted octanol–water partition coefficient (Wildman–Crippen LogP) is 3.49. The van der Waals surface area contributed by atoms with Gasteiger partial charge in [0, 0.05) is 5.56 Å². The lowest BCUT2D eigenvalue weighted by Crippen LogP contribution is -1.92. The number of methoxy groups -OCH3 is 1. The van der Waals surface area contributed by atoms with Crippen LogP contribution >= 0.6 is 0 Å². The van der Waals surface area contributed by atoms with Crippen LogP contribution in [0.3, 0.4) is 0 Å². The molecule has 0 fully saturated rings. The zero-order valence-electron chi connectivity index (χ0n) is 11.5.